The molecule has 2 unspecified atom stereocenters. The summed E-state index contributed by atoms with van der Waals surface area (Å²) in [6.45, 7) is 2.59. The molecule has 1 aliphatic rings. The van der Waals surface area contributed by atoms with Crippen LogP contribution in [0.4, 0.5) is 0 Å². The van der Waals surface area contributed by atoms with Crippen LogP contribution in [0.15, 0.2) is 5.16 Å². The number of nitrogens with one attached hydrogen (secondary N) is 1. The van der Waals surface area contributed by atoms with Crippen molar-refractivity contribution in [2.45, 2.75) is 44.8 Å². The first-order chi connectivity index (χ1) is 7.69. The van der Waals surface area contributed by atoms with Gasteiger partial charge in [0.25, 0.3) is 0 Å². The summed E-state index contributed by atoms with van der Waals surface area (Å²) in [5.74, 6) is -0.143. The first-order valence-corrected chi connectivity index (χ1v) is 5.58. The SMILES string of the molecule is CCCC(NC(=O)C1CCCO1)/C(N)=N/O. The van der Waals surface area contributed by atoms with Crippen molar-refractivity contribution in [1.29, 1.82) is 0 Å². The first-order valence-electron chi connectivity index (χ1n) is 5.58. The van der Waals surface area contributed by atoms with E-state index < -0.39 is 6.04 Å². The van der Waals surface area contributed by atoms with E-state index in [9.17, 15) is 4.79 Å². The van der Waals surface area contributed by atoms with Crippen LogP contribution in [0.25, 0.3) is 0 Å². The van der Waals surface area contributed by atoms with Gasteiger partial charge in [0.2, 0.25) is 5.91 Å². The fourth-order valence-electron chi connectivity index (χ4n) is 1.70. The van der Waals surface area contributed by atoms with Gasteiger partial charge < -0.3 is 21.0 Å². The molecule has 1 rings (SSSR count). The fraction of sp³-hybridized carbons (Fsp3) is 0.800. The first kappa shape index (κ1) is 12.8. The zero-order valence-corrected chi connectivity index (χ0v) is 9.48. The molecule has 0 radical (unpaired) electrons. The van der Waals surface area contributed by atoms with Crippen LogP contribution >= 0.6 is 0 Å². The Morgan fingerprint density at radius 2 is 2.50 bits per heavy atom. The van der Waals surface area contributed by atoms with Gasteiger partial charge in [-0.1, -0.05) is 18.5 Å². The summed E-state index contributed by atoms with van der Waals surface area (Å²) in [6, 6.07) is -0.410. The number of nitrogens with two attached hydrogens (primary N) is 1. The van der Waals surface area contributed by atoms with E-state index >= 15 is 0 Å². The Hall–Kier alpha value is -1.30. The molecule has 1 heterocycles. The van der Waals surface area contributed by atoms with Crippen molar-refractivity contribution in [1.82, 2.24) is 5.32 Å². The summed E-state index contributed by atoms with van der Waals surface area (Å²) < 4.78 is 5.25. The van der Waals surface area contributed by atoms with Gasteiger partial charge in [-0.2, -0.15) is 0 Å². The monoisotopic (exact) mass is 229 g/mol. The standard InChI is InChI=1S/C10H19N3O3/c1-2-4-7(9(11)13-15)12-10(14)8-5-3-6-16-8/h7-8,15H,2-6H2,1H3,(H2,11,13)(H,12,14). The topological polar surface area (TPSA) is 96.9 Å². The normalized spacial score (nSPS) is 23.1. The highest BCUT2D eigenvalue weighted by Gasteiger charge is 2.26. The van der Waals surface area contributed by atoms with Crippen LogP contribution in [0.3, 0.4) is 0 Å². The molecule has 6 heteroatoms. The smallest absolute Gasteiger partial charge is 0.249 e. The molecule has 1 fully saturated rings. The van der Waals surface area contributed by atoms with E-state index in [1.54, 1.807) is 0 Å². The van der Waals surface area contributed by atoms with Crippen LogP contribution in [0.1, 0.15) is 32.6 Å². The molecule has 0 aromatic carbocycles. The summed E-state index contributed by atoms with van der Waals surface area (Å²) in [7, 11) is 0. The lowest BCUT2D eigenvalue weighted by atomic mass is 10.1. The molecule has 0 aliphatic carbocycles. The molecule has 1 aliphatic heterocycles. The minimum Gasteiger partial charge on any atom is -0.409 e. The third-order valence-electron chi connectivity index (χ3n) is 2.59. The highest BCUT2D eigenvalue weighted by molar-refractivity contribution is 5.91. The molecule has 1 amide bonds. The van der Waals surface area contributed by atoms with Crippen molar-refractivity contribution in [3.05, 3.63) is 0 Å². The molecular formula is C10H19N3O3. The number of amides is 1. The lowest BCUT2D eigenvalue weighted by Gasteiger charge is -2.18. The Morgan fingerprint density at radius 3 is 3.00 bits per heavy atom. The number of carbonyl (C=O) groups is 1. The number of oxime groups is 1. The van der Waals surface area contributed by atoms with E-state index in [0.717, 1.165) is 19.3 Å². The Bertz CT molecular complexity index is 262. The zero-order valence-electron chi connectivity index (χ0n) is 9.48. The van der Waals surface area contributed by atoms with Crippen LogP contribution in [0.2, 0.25) is 0 Å². The molecule has 0 aromatic heterocycles. The summed E-state index contributed by atoms with van der Waals surface area (Å²) >= 11 is 0. The van der Waals surface area contributed by atoms with Gasteiger partial charge in [0.1, 0.15) is 6.10 Å². The predicted molar refractivity (Wildman–Crippen MR) is 59.2 cm³/mol. The molecule has 16 heavy (non-hydrogen) atoms. The van der Waals surface area contributed by atoms with Gasteiger partial charge in [0.15, 0.2) is 5.84 Å². The molecule has 92 valence electrons. The quantitative estimate of drug-likeness (QED) is 0.271. The van der Waals surface area contributed by atoms with Crippen molar-refractivity contribution < 1.29 is 14.7 Å². The van der Waals surface area contributed by atoms with Gasteiger partial charge in [0.05, 0.1) is 6.04 Å². The van der Waals surface area contributed by atoms with E-state index in [2.05, 4.69) is 10.5 Å². The second-order valence-corrected chi connectivity index (χ2v) is 3.88. The lowest BCUT2D eigenvalue weighted by Crippen LogP contribution is -2.48. The Kier molecular flexibility index (Phi) is 5.04. The molecule has 0 aromatic rings. The van der Waals surface area contributed by atoms with E-state index in [1.807, 2.05) is 6.92 Å². The van der Waals surface area contributed by atoms with Gasteiger partial charge in [-0.3, -0.25) is 4.79 Å². The van der Waals surface area contributed by atoms with E-state index in [1.165, 1.54) is 0 Å². The minimum absolute atomic E-state index is 0.0354. The van der Waals surface area contributed by atoms with Gasteiger partial charge in [0, 0.05) is 6.61 Å². The second kappa shape index (κ2) is 6.32. The van der Waals surface area contributed by atoms with Crippen LogP contribution < -0.4 is 11.1 Å². The van der Waals surface area contributed by atoms with Crippen LogP contribution in [0, 0.1) is 0 Å². The minimum atomic E-state index is -0.410. The number of ether oxygens (including phenoxy) is 1. The third kappa shape index (κ3) is 3.37. The lowest BCUT2D eigenvalue weighted by molar-refractivity contribution is -0.130. The summed E-state index contributed by atoms with van der Waals surface area (Å²) in [4.78, 5) is 11.7. The Balaban J connectivity index is 2.50. The van der Waals surface area contributed by atoms with Gasteiger partial charge >= 0.3 is 0 Å². The van der Waals surface area contributed by atoms with Crippen molar-refractivity contribution >= 4 is 11.7 Å². The maximum absolute atomic E-state index is 11.7. The summed E-state index contributed by atoms with van der Waals surface area (Å²) in [5.41, 5.74) is 5.49. The van der Waals surface area contributed by atoms with Crippen molar-refractivity contribution in [2.75, 3.05) is 6.61 Å². The second-order valence-electron chi connectivity index (χ2n) is 3.88. The van der Waals surface area contributed by atoms with Crippen LogP contribution in [-0.4, -0.2) is 35.7 Å². The van der Waals surface area contributed by atoms with Crippen molar-refractivity contribution in [3.8, 4) is 0 Å². The number of hydrogen-bond acceptors (Lipinski definition) is 4. The maximum Gasteiger partial charge on any atom is 0.249 e. The predicted octanol–water partition coefficient (Wildman–Crippen LogP) is 0.197. The fourth-order valence-corrected chi connectivity index (χ4v) is 1.70. The number of rotatable bonds is 5. The molecule has 2 atom stereocenters. The molecule has 0 bridgehead atoms. The molecule has 0 saturated carbocycles. The Morgan fingerprint density at radius 1 is 1.75 bits per heavy atom. The highest BCUT2D eigenvalue weighted by Crippen LogP contribution is 2.12. The molecule has 4 N–H and O–H groups in total. The van der Waals surface area contributed by atoms with E-state index in [-0.39, 0.29) is 17.8 Å². The summed E-state index contributed by atoms with van der Waals surface area (Å²) in [6.07, 6.45) is 2.74. The zero-order chi connectivity index (χ0) is 12.0. The molecule has 6 nitrogen and oxygen atoms in total. The van der Waals surface area contributed by atoms with Gasteiger partial charge in [-0.25, -0.2) is 0 Å². The van der Waals surface area contributed by atoms with Crippen molar-refractivity contribution in [3.63, 3.8) is 0 Å². The molecular weight excluding hydrogens is 210 g/mol. The number of carbonyl (C=O) groups excluding carboxylic acids is 1. The van der Waals surface area contributed by atoms with E-state index in [0.29, 0.717) is 13.0 Å². The molecule has 0 spiro atoms. The average Bonchev–Trinajstić information content (AvgIpc) is 2.80. The van der Waals surface area contributed by atoms with Crippen LogP contribution in [0.5, 0.6) is 0 Å². The number of hydrogen-bond donors (Lipinski definition) is 3. The van der Waals surface area contributed by atoms with Crippen LogP contribution in [-0.2, 0) is 9.53 Å². The van der Waals surface area contributed by atoms with E-state index in [4.69, 9.17) is 15.7 Å². The van der Waals surface area contributed by atoms with Gasteiger partial charge in [-0.05, 0) is 19.3 Å². The Labute approximate surface area is 94.8 Å². The third-order valence-corrected chi connectivity index (χ3v) is 2.59. The highest BCUT2D eigenvalue weighted by atomic mass is 16.5. The van der Waals surface area contributed by atoms with Crippen molar-refractivity contribution in [2.24, 2.45) is 10.9 Å². The average molecular weight is 229 g/mol. The summed E-state index contributed by atoms with van der Waals surface area (Å²) in [5, 5.41) is 14.2. The maximum atomic E-state index is 11.7. The number of amidine groups is 1. The van der Waals surface area contributed by atoms with Gasteiger partial charge in [-0.15, -0.1) is 0 Å². The largest absolute Gasteiger partial charge is 0.409 e. The molecule has 1 saturated heterocycles. The number of nitrogens with zero attached hydrogens (tertiary/aromatic N) is 1.